The number of anilines is 1. The van der Waals surface area contributed by atoms with Gasteiger partial charge in [0.25, 0.3) is 5.91 Å². The molecule has 2 aromatic rings. The van der Waals surface area contributed by atoms with E-state index in [0.717, 1.165) is 18.4 Å². The monoisotopic (exact) mass is 310 g/mol. The highest BCUT2D eigenvalue weighted by Gasteiger charge is 2.27. The first-order valence-electron chi connectivity index (χ1n) is 8.16. The van der Waals surface area contributed by atoms with E-state index in [1.165, 1.54) is 31.8 Å². The lowest BCUT2D eigenvalue weighted by molar-refractivity contribution is 0.0614. The molecule has 3 rings (SSSR count). The first-order chi connectivity index (χ1) is 11.3. The SMILES string of the molecule is Nc1ncncc1C(=O)N(Cc1ccccc1)C1CCCCC1. The standard InChI is InChI=1S/C18H22N4O/c19-17-16(11-20-13-21-17)18(23)22(15-9-5-2-6-10-15)12-14-7-3-1-4-8-14/h1,3-4,7-8,11,13,15H,2,5-6,9-10,12H2,(H2,19,20,21). The van der Waals surface area contributed by atoms with Crippen LogP contribution in [0.2, 0.25) is 0 Å². The molecule has 1 saturated carbocycles. The van der Waals surface area contributed by atoms with Crippen LogP contribution in [0.3, 0.4) is 0 Å². The summed E-state index contributed by atoms with van der Waals surface area (Å²) in [4.78, 5) is 22.9. The maximum atomic E-state index is 13.0. The van der Waals surface area contributed by atoms with Crippen molar-refractivity contribution in [2.24, 2.45) is 0 Å². The van der Waals surface area contributed by atoms with E-state index < -0.39 is 0 Å². The zero-order chi connectivity index (χ0) is 16.1. The van der Waals surface area contributed by atoms with E-state index in [1.54, 1.807) is 0 Å². The molecule has 0 saturated heterocycles. The Kier molecular flexibility index (Phi) is 4.86. The van der Waals surface area contributed by atoms with Gasteiger partial charge in [-0.1, -0.05) is 49.6 Å². The Morgan fingerprint density at radius 2 is 1.91 bits per heavy atom. The van der Waals surface area contributed by atoms with E-state index in [9.17, 15) is 4.79 Å². The molecule has 0 radical (unpaired) electrons. The molecule has 1 fully saturated rings. The Hall–Kier alpha value is -2.43. The largest absolute Gasteiger partial charge is 0.383 e. The van der Waals surface area contributed by atoms with Crippen molar-refractivity contribution in [3.05, 3.63) is 54.0 Å². The maximum Gasteiger partial charge on any atom is 0.259 e. The summed E-state index contributed by atoms with van der Waals surface area (Å²) in [7, 11) is 0. The van der Waals surface area contributed by atoms with Gasteiger partial charge in [-0.25, -0.2) is 9.97 Å². The molecule has 1 aromatic heterocycles. The second kappa shape index (κ2) is 7.22. The van der Waals surface area contributed by atoms with Gasteiger partial charge < -0.3 is 10.6 Å². The van der Waals surface area contributed by atoms with Gasteiger partial charge in [0, 0.05) is 18.8 Å². The normalized spacial score (nSPS) is 15.3. The lowest BCUT2D eigenvalue weighted by Crippen LogP contribution is -2.41. The minimum atomic E-state index is -0.0705. The fourth-order valence-corrected chi connectivity index (χ4v) is 3.20. The van der Waals surface area contributed by atoms with Gasteiger partial charge in [0.05, 0.1) is 0 Å². The molecule has 23 heavy (non-hydrogen) atoms. The number of nitrogens with zero attached hydrogens (tertiary/aromatic N) is 3. The summed E-state index contributed by atoms with van der Waals surface area (Å²) in [6, 6.07) is 10.3. The quantitative estimate of drug-likeness (QED) is 0.942. The zero-order valence-corrected chi connectivity index (χ0v) is 13.2. The van der Waals surface area contributed by atoms with Crippen molar-refractivity contribution in [2.75, 3.05) is 5.73 Å². The second-order valence-corrected chi connectivity index (χ2v) is 6.03. The number of aromatic nitrogens is 2. The number of carbonyl (C=O) groups is 1. The van der Waals surface area contributed by atoms with Gasteiger partial charge >= 0.3 is 0 Å². The Balaban J connectivity index is 1.87. The van der Waals surface area contributed by atoms with Gasteiger partial charge in [-0.2, -0.15) is 0 Å². The molecule has 0 aliphatic heterocycles. The van der Waals surface area contributed by atoms with Crippen molar-refractivity contribution in [3.8, 4) is 0 Å². The Morgan fingerprint density at radius 1 is 1.17 bits per heavy atom. The van der Waals surface area contributed by atoms with Gasteiger partial charge in [-0.05, 0) is 18.4 Å². The van der Waals surface area contributed by atoms with E-state index >= 15 is 0 Å². The van der Waals surface area contributed by atoms with Crippen LogP contribution >= 0.6 is 0 Å². The summed E-state index contributed by atoms with van der Waals surface area (Å²) in [6.45, 7) is 0.596. The van der Waals surface area contributed by atoms with E-state index in [4.69, 9.17) is 5.73 Å². The van der Waals surface area contributed by atoms with E-state index in [0.29, 0.717) is 12.1 Å². The van der Waals surface area contributed by atoms with Crippen molar-refractivity contribution in [1.82, 2.24) is 14.9 Å². The van der Waals surface area contributed by atoms with E-state index in [2.05, 4.69) is 9.97 Å². The Labute approximate surface area is 136 Å². The van der Waals surface area contributed by atoms with Crippen LogP contribution in [0, 0.1) is 0 Å². The summed E-state index contributed by atoms with van der Waals surface area (Å²) in [5.41, 5.74) is 7.41. The smallest absolute Gasteiger partial charge is 0.259 e. The first-order valence-corrected chi connectivity index (χ1v) is 8.16. The first kappa shape index (κ1) is 15.5. The number of rotatable bonds is 4. The molecule has 5 heteroatoms. The van der Waals surface area contributed by atoms with Gasteiger partial charge in [0.2, 0.25) is 0 Å². The van der Waals surface area contributed by atoms with Gasteiger partial charge in [0.1, 0.15) is 17.7 Å². The lowest BCUT2D eigenvalue weighted by Gasteiger charge is -2.34. The molecule has 0 unspecified atom stereocenters. The number of nitrogens with two attached hydrogens (primary N) is 1. The molecule has 0 bridgehead atoms. The zero-order valence-electron chi connectivity index (χ0n) is 13.2. The van der Waals surface area contributed by atoms with Crippen molar-refractivity contribution in [1.29, 1.82) is 0 Å². The van der Waals surface area contributed by atoms with Gasteiger partial charge in [0.15, 0.2) is 0 Å². The fourth-order valence-electron chi connectivity index (χ4n) is 3.20. The molecular formula is C18H22N4O. The number of hydrogen-bond acceptors (Lipinski definition) is 4. The summed E-state index contributed by atoms with van der Waals surface area (Å²) < 4.78 is 0. The van der Waals surface area contributed by atoms with Crippen LogP contribution in [0.1, 0.15) is 48.0 Å². The minimum absolute atomic E-state index is 0.0705. The molecular weight excluding hydrogens is 288 g/mol. The predicted molar refractivity (Wildman–Crippen MR) is 89.6 cm³/mol. The van der Waals surface area contributed by atoms with Crippen LogP contribution in [0.15, 0.2) is 42.9 Å². The van der Waals surface area contributed by atoms with Crippen molar-refractivity contribution in [3.63, 3.8) is 0 Å². The Morgan fingerprint density at radius 3 is 2.61 bits per heavy atom. The predicted octanol–water partition coefficient (Wildman–Crippen LogP) is 3.03. The maximum absolute atomic E-state index is 13.0. The van der Waals surface area contributed by atoms with Crippen molar-refractivity contribution >= 4 is 11.7 Å². The van der Waals surface area contributed by atoms with Crippen molar-refractivity contribution < 1.29 is 4.79 Å². The highest BCUT2D eigenvalue weighted by molar-refractivity contribution is 5.98. The average molecular weight is 310 g/mol. The number of amides is 1. The third-order valence-electron chi connectivity index (χ3n) is 4.45. The summed E-state index contributed by atoms with van der Waals surface area (Å²) in [5, 5.41) is 0. The highest BCUT2D eigenvalue weighted by atomic mass is 16.2. The molecule has 1 aromatic carbocycles. The van der Waals surface area contributed by atoms with Crippen LogP contribution in [-0.2, 0) is 6.54 Å². The molecule has 0 atom stereocenters. The highest BCUT2D eigenvalue weighted by Crippen LogP contribution is 2.26. The summed E-state index contributed by atoms with van der Waals surface area (Å²) in [6.07, 6.45) is 8.58. The van der Waals surface area contributed by atoms with Crippen LogP contribution in [0.25, 0.3) is 0 Å². The molecule has 1 aliphatic carbocycles. The van der Waals surface area contributed by atoms with E-state index in [-0.39, 0.29) is 17.8 Å². The van der Waals surface area contributed by atoms with Gasteiger partial charge in [-0.3, -0.25) is 4.79 Å². The number of hydrogen-bond donors (Lipinski definition) is 1. The molecule has 1 heterocycles. The number of nitrogen functional groups attached to an aromatic ring is 1. The van der Waals surface area contributed by atoms with E-state index in [1.807, 2.05) is 35.2 Å². The molecule has 120 valence electrons. The summed E-state index contributed by atoms with van der Waals surface area (Å²) >= 11 is 0. The number of carbonyl (C=O) groups excluding carboxylic acids is 1. The molecule has 1 aliphatic rings. The van der Waals surface area contributed by atoms with Crippen LogP contribution in [0.5, 0.6) is 0 Å². The molecule has 5 nitrogen and oxygen atoms in total. The summed E-state index contributed by atoms with van der Waals surface area (Å²) in [5.74, 6) is 0.178. The topological polar surface area (TPSA) is 72.1 Å². The lowest BCUT2D eigenvalue weighted by atomic mass is 9.93. The third-order valence-corrected chi connectivity index (χ3v) is 4.45. The second-order valence-electron chi connectivity index (χ2n) is 6.03. The van der Waals surface area contributed by atoms with Crippen molar-refractivity contribution in [2.45, 2.75) is 44.7 Å². The van der Waals surface area contributed by atoms with Crippen LogP contribution < -0.4 is 5.73 Å². The molecule has 2 N–H and O–H groups in total. The van der Waals surface area contributed by atoms with Crippen LogP contribution in [0.4, 0.5) is 5.82 Å². The minimum Gasteiger partial charge on any atom is -0.383 e. The number of benzene rings is 1. The molecule has 0 spiro atoms. The fraction of sp³-hybridized carbons (Fsp3) is 0.389. The Bertz CT molecular complexity index is 653. The molecule has 1 amide bonds. The van der Waals surface area contributed by atoms with Crippen LogP contribution in [-0.4, -0.2) is 26.8 Å². The average Bonchev–Trinajstić information content (AvgIpc) is 2.61. The van der Waals surface area contributed by atoms with Gasteiger partial charge in [-0.15, -0.1) is 0 Å². The third kappa shape index (κ3) is 3.67.